The van der Waals surface area contributed by atoms with Crippen molar-refractivity contribution in [2.45, 2.75) is 47.5 Å². The van der Waals surface area contributed by atoms with Gasteiger partial charge >= 0.3 is 0 Å². The lowest BCUT2D eigenvalue weighted by molar-refractivity contribution is -0.128. The number of guanidine groups is 1. The first-order chi connectivity index (χ1) is 10.3. The molecule has 1 heterocycles. The maximum absolute atomic E-state index is 12.1. The van der Waals surface area contributed by atoms with Crippen molar-refractivity contribution in [3.63, 3.8) is 0 Å². The Hall–Kier alpha value is -1.26. The highest BCUT2D eigenvalue weighted by Crippen LogP contribution is 2.23. The van der Waals surface area contributed by atoms with Crippen LogP contribution in [0.1, 0.15) is 47.5 Å². The monoisotopic (exact) mass is 310 g/mol. The number of carbonyl (C=O) groups excluding carboxylic acids is 1. The zero-order valence-corrected chi connectivity index (χ0v) is 15.2. The molecule has 1 atom stereocenters. The van der Waals surface area contributed by atoms with Crippen LogP contribution in [0.2, 0.25) is 0 Å². The lowest BCUT2D eigenvalue weighted by atomic mass is 9.92. The van der Waals surface area contributed by atoms with Gasteiger partial charge in [0.1, 0.15) is 0 Å². The van der Waals surface area contributed by atoms with E-state index in [1.54, 1.807) is 0 Å². The van der Waals surface area contributed by atoms with E-state index >= 15 is 0 Å². The van der Waals surface area contributed by atoms with Gasteiger partial charge in [0, 0.05) is 33.2 Å². The molecule has 0 aliphatic carbocycles. The summed E-state index contributed by atoms with van der Waals surface area (Å²) in [6.07, 6.45) is 2.51. The van der Waals surface area contributed by atoms with Gasteiger partial charge in [-0.25, -0.2) is 0 Å². The SMILES string of the molecule is CCNC(=O)C(C)(C)CNC(=NC)N1CCC(CC(C)C)C1. The fraction of sp³-hybridized carbons (Fsp3) is 0.882. The predicted octanol–water partition coefficient (Wildman–Crippen LogP) is 2.09. The van der Waals surface area contributed by atoms with Gasteiger partial charge in [0.05, 0.1) is 5.41 Å². The van der Waals surface area contributed by atoms with Crippen molar-refractivity contribution in [3.8, 4) is 0 Å². The molecule has 0 aromatic carbocycles. The standard InChI is InChI=1S/C17H34N4O/c1-7-19-15(22)17(4,5)12-20-16(18-6)21-9-8-14(11-21)10-13(2)3/h13-14H,7-12H2,1-6H3,(H,18,20)(H,19,22). The topological polar surface area (TPSA) is 56.7 Å². The third-order valence-electron chi connectivity index (χ3n) is 4.24. The van der Waals surface area contributed by atoms with Crippen molar-refractivity contribution in [1.29, 1.82) is 0 Å². The zero-order valence-electron chi connectivity index (χ0n) is 15.2. The Morgan fingerprint density at radius 1 is 1.36 bits per heavy atom. The maximum Gasteiger partial charge on any atom is 0.227 e. The van der Waals surface area contributed by atoms with E-state index in [0.717, 1.165) is 30.9 Å². The van der Waals surface area contributed by atoms with Gasteiger partial charge in [-0.15, -0.1) is 0 Å². The first-order valence-corrected chi connectivity index (χ1v) is 8.54. The molecular weight excluding hydrogens is 276 g/mol. The minimum atomic E-state index is -0.441. The molecule has 1 rings (SSSR count). The van der Waals surface area contributed by atoms with Gasteiger partial charge in [-0.05, 0) is 45.4 Å². The van der Waals surface area contributed by atoms with Crippen molar-refractivity contribution in [2.24, 2.45) is 22.2 Å². The lowest BCUT2D eigenvalue weighted by Crippen LogP contribution is -2.48. The molecule has 1 aliphatic heterocycles. The van der Waals surface area contributed by atoms with E-state index in [1.807, 2.05) is 27.8 Å². The average molecular weight is 310 g/mol. The van der Waals surface area contributed by atoms with Crippen LogP contribution in [-0.4, -0.2) is 50.0 Å². The van der Waals surface area contributed by atoms with Crippen LogP contribution in [0.4, 0.5) is 0 Å². The number of nitrogens with zero attached hydrogens (tertiary/aromatic N) is 2. The average Bonchev–Trinajstić information content (AvgIpc) is 2.87. The van der Waals surface area contributed by atoms with E-state index < -0.39 is 5.41 Å². The summed E-state index contributed by atoms with van der Waals surface area (Å²) in [5.41, 5.74) is -0.441. The molecule has 1 aliphatic rings. The predicted molar refractivity (Wildman–Crippen MR) is 93.0 cm³/mol. The minimum absolute atomic E-state index is 0.0806. The van der Waals surface area contributed by atoms with Gasteiger partial charge in [0.25, 0.3) is 0 Å². The third-order valence-corrected chi connectivity index (χ3v) is 4.24. The summed E-state index contributed by atoms with van der Waals surface area (Å²) in [7, 11) is 1.82. The molecule has 2 N–H and O–H groups in total. The normalized spacial score (nSPS) is 19.7. The molecule has 0 spiro atoms. The molecule has 5 nitrogen and oxygen atoms in total. The summed E-state index contributed by atoms with van der Waals surface area (Å²) in [4.78, 5) is 18.8. The number of nitrogens with one attached hydrogen (secondary N) is 2. The number of hydrogen-bond donors (Lipinski definition) is 2. The first kappa shape index (κ1) is 18.8. The highest BCUT2D eigenvalue weighted by Gasteiger charge is 2.29. The fourth-order valence-electron chi connectivity index (χ4n) is 3.00. The van der Waals surface area contributed by atoms with E-state index in [-0.39, 0.29) is 5.91 Å². The van der Waals surface area contributed by atoms with Crippen LogP contribution < -0.4 is 10.6 Å². The summed E-state index contributed by atoms with van der Waals surface area (Å²) >= 11 is 0. The van der Waals surface area contributed by atoms with E-state index in [0.29, 0.717) is 13.1 Å². The first-order valence-electron chi connectivity index (χ1n) is 8.54. The highest BCUT2D eigenvalue weighted by atomic mass is 16.2. The van der Waals surface area contributed by atoms with Crippen molar-refractivity contribution in [3.05, 3.63) is 0 Å². The summed E-state index contributed by atoms with van der Waals surface area (Å²) in [5, 5.41) is 6.27. The fourth-order valence-corrected chi connectivity index (χ4v) is 3.00. The summed E-state index contributed by atoms with van der Waals surface area (Å²) < 4.78 is 0. The second-order valence-electron chi connectivity index (χ2n) is 7.37. The van der Waals surface area contributed by atoms with Crippen molar-refractivity contribution >= 4 is 11.9 Å². The van der Waals surface area contributed by atoms with Crippen LogP contribution in [0.25, 0.3) is 0 Å². The van der Waals surface area contributed by atoms with Crippen LogP contribution >= 0.6 is 0 Å². The van der Waals surface area contributed by atoms with E-state index in [4.69, 9.17) is 0 Å². The third kappa shape index (κ3) is 5.50. The maximum atomic E-state index is 12.1. The van der Waals surface area contributed by atoms with Gasteiger partial charge in [0.2, 0.25) is 5.91 Å². The molecule has 0 bridgehead atoms. The van der Waals surface area contributed by atoms with Gasteiger partial charge in [-0.2, -0.15) is 0 Å². The van der Waals surface area contributed by atoms with Crippen molar-refractivity contribution < 1.29 is 4.79 Å². The molecule has 1 fully saturated rings. The summed E-state index contributed by atoms with van der Waals surface area (Å²) in [5.74, 6) is 2.51. The molecule has 0 radical (unpaired) electrons. The van der Waals surface area contributed by atoms with Crippen molar-refractivity contribution in [2.75, 3.05) is 33.2 Å². The summed E-state index contributed by atoms with van der Waals surface area (Å²) in [6.45, 7) is 13.8. The number of hydrogen-bond acceptors (Lipinski definition) is 2. The molecule has 1 amide bonds. The highest BCUT2D eigenvalue weighted by molar-refractivity contribution is 5.84. The minimum Gasteiger partial charge on any atom is -0.356 e. The number of aliphatic imine (C=N–C) groups is 1. The number of rotatable bonds is 6. The Kier molecular flexibility index (Phi) is 7.17. The molecular formula is C17H34N4O. The number of amides is 1. The lowest BCUT2D eigenvalue weighted by Gasteiger charge is -2.28. The Labute approximate surface area is 135 Å². The Bertz CT molecular complexity index is 390. The van der Waals surface area contributed by atoms with E-state index in [1.165, 1.54) is 12.8 Å². The van der Waals surface area contributed by atoms with Crippen LogP contribution in [0.3, 0.4) is 0 Å². The van der Waals surface area contributed by atoms with Gasteiger partial charge in [-0.1, -0.05) is 13.8 Å². The molecule has 5 heteroatoms. The Morgan fingerprint density at radius 3 is 2.59 bits per heavy atom. The molecule has 0 saturated carbocycles. The van der Waals surface area contributed by atoms with Crippen LogP contribution in [0, 0.1) is 17.3 Å². The van der Waals surface area contributed by atoms with Crippen molar-refractivity contribution in [1.82, 2.24) is 15.5 Å². The largest absolute Gasteiger partial charge is 0.356 e. The molecule has 1 saturated heterocycles. The number of carbonyl (C=O) groups is 1. The van der Waals surface area contributed by atoms with Crippen LogP contribution in [-0.2, 0) is 4.79 Å². The van der Waals surface area contributed by atoms with Gasteiger partial charge < -0.3 is 15.5 Å². The molecule has 0 aromatic rings. The second kappa shape index (κ2) is 8.39. The van der Waals surface area contributed by atoms with E-state index in [2.05, 4.69) is 34.4 Å². The van der Waals surface area contributed by atoms with Gasteiger partial charge in [-0.3, -0.25) is 9.79 Å². The van der Waals surface area contributed by atoms with E-state index in [9.17, 15) is 4.79 Å². The van der Waals surface area contributed by atoms with Gasteiger partial charge in [0.15, 0.2) is 5.96 Å². The second-order valence-corrected chi connectivity index (χ2v) is 7.37. The Balaban J connectivity index is 2.51. The molecule has 22 heavy (non-hydrogen) atoms. The quantitative estimate of drug-likeness (QED) is 0.583. The molecule has 0 aromatic heterocycles. The smallest absolute Gasteiger partial charge is 0.227 e. The molecule has 128 valence electrons. The zero-order chi connectivity index (χ0) is 16.8. The summed E-state index contributed by atoms with van der Waals surface area (Å²) in [6, 6.07) is 0. The van der Waals surface area contributed by atoms with Crippen LogP contribution in [0.15, 0.2) is 4.99 Å². The Morgan fingerprint density at radius 2 is 2.05 bits per heavy atom. The number of likely N-dealkylation sites (tertiary alicyclic amines) is 1. The van der Waals surface area contributed by atoms with Crippen LogP contribution in [0.5, 0.6) is 0 Å². The molecule has 1 unspecified atom stereocenters.